The second-order valence-corrected chi connectivity index (χ2v) is 8.38. The normalized spacial score (nSPS) is 19.2. The second kappa shape index (κ2) is 6.14. The van der Waals surface area contributed by atoms with Gasteiger partial charge in [0.15, 0.2) is 9.84 Å². The number of aliphatic hydroxyl groups is 1. The number of aliphatic hydroxyl groups excluding tert-OH is 1. The highest BCUT2D eigenvalue weighted by molar-refractivity contribution is 7.91. The number of sulfone groups is 1. The predicted molar refractivity (Wildman–Crippen MR) is 81.9 cm³/mol. The lowest BCUT2D eigenvalue weighted by molar-refractivity contribution is 0.175. The van der Waals surface area contributed by atoms with E-state index in [0.717, 1.165) is 11.3 Å². The van der Waals surface area contributed by atoms with Crippen molar-refractivity contribution in [2.24, 2.45) is 0 Å². The number of hydrogen-bond donors (Lipinski definition) is 1. The van der Waals surface area contributed by atoms with Crippen molar-refractivity contribution in [1.82, 2.24) is 0 Å². The van der Waals surface area contributed by atoms with Crippen LogP contribution in [0.3, 0.4) is 0 Å². The monoisotopic (exact) mass is 297 g/mol. The summed E-state index contributed by atoms with van der Waals surface area (Å²) in [5.74, 6) is 0.208. The standard InChI is InChI=1S/C15H23NO3S/c1-12(2)20(18,19)9-5-8-16-11-14(17)10-13-6-3-4-7-15(13)16/h3-4,6-7,12,14,17H,5,8-11H2,1-2H3. The van der Waals surface area contributed by atoms with Crippen molar-refractivity contribution in [3.05, 3.63) is 29.8 Å². The molecule has 4 nitrogen and oxygen atoms in total. The van der Waals surface area contributed by atoms with Gasteiger partial charge in [-0.3, -0.25) is 0 Å². The number of anilines is 1. The fourth-order valence-electron chi connectivity index (χ4n) is 2.57. The van der Waals surface area contributed by atoms with Gasteiger partial charge in [-0.25, -0.2) is 8.42 Å². The van der Waals surface area contributed by atoms with Gasteiger partial charge in [0.1, 0.15) is 0 Å². The molecule has 1 aliphatic heterocycles. The van der Waals surface area contributed by atoms with Crippen molar-refractivity contribution < 1.29 is 13.5 Å². The molecule has 2 rings (SSSR count). The number of hydrogen-bond acceptors (Lipinski definition) is 4. The van der Waals surface area contributed by atoms with E-state index in [1.807, 2.05) is 24.3 Å². The van der Waals surface area contributed by atoms with Crippen LogP contribution in [0.1, 0.15) is 25.8 Å². The van der Waals surface area contributed by atoms with E-state index in [-0.39, 0.29) is 17.1 Å². The van der Waals surface area contributed by atoms with Gasteiger partial charge < -0.3 is 10.0 Å². The van der Waals surface area contributed by atoms with Crippen LogP contribution in [0.25, 0.3) is 0 Å². The average molecular weight is 297 g/mol. The number of β-amino-alcohol motifs (C(OH)–C–C–N with tert-alkyl or cyclic N) is 1. The second-order valence-electron chi connectivity index (χ2n) is 5.70. The summed E-state index contributed by atoms with van der Waals surface area (Å²) in [5, 5.41) is 9.60. The van der Waals surface area contributed by atoms with Crippen molar-refractivity contribution in [2.75, 3.05) is 23.7 Å². The smallest absolute Gasteiger partial charge is 0.152 e. The molecule has 0 aliphatic carbocycles. The molecule has 1 atom stereocenters. The molecule has 0 fully saturated rings. The molecule has 1 aliphatic rings. The number of nitrogens with zero attached hydrogens (tertiary/aromatic N) is 1. The van der Waals surface area contributed by atoms with Crippen molar-refractivity contribution in [2.45, 2.75) is 38.0 Å². The Morgan fingerprint density at radius 3 is 2.75 bits per heavy atom. The van der Waals surface area contributed by atoms with Crippen LogP contribution in [-0.4, -0.2) is 43.7 Å². The molecule has 0 aromatic heterocycles. The Hall–Kier alpha value is -1.07. The Kier molecular flexibility index (Phi) is 4.70. The maximum absolute atomic E-state index is 11.8. The van der Waals surface area contributed by atoms with Gasteiger partial charge in [-0.05, 0) is 31.9 Å². The summed E-state index contributed by atoms with van der Waals surface area (Å²) in [4.78, 5) is 2.10. The first kappa shape index (κ1) is 15.3. The van der Waals surface area contributed by atoms with Crippen molar-refractivity contribution in [3.8, 4) is 0 Å². The van der Waals surface area contributed by atoms with Crippen molar-refractivity contribution in [3.63, 3.8) is 0 Å². The Bertz CT molecular complexity index is 554. The van der Waals surface area contributed by atoms with E-state index in [2.05, 4.69) is 4.90 Å². The maximum Gasteiger partial charge on any atom is 0.152 e. The lowest BCUT2D eigenvalue weighted by Gasteiger charge is -2.34. The third kappa shape index (κ3) is 3.52. The van der Waals surface area contributed by atoms with E-state index in [1.54, 1.807) is 13.8 Å². The molecule has 112 valence electrons. The van der Waals surface area contributed by atoms with Gasteiger partial charge in [0.05, 0.1) is 17.1 Å². The highest BCUT2D eigenvalue weighted by atomic mass is 32.2. The molecule has 5 heteroatoms. The fraction of sp³-hybridized carbons (Fsp3) is 0.600. The summed E-state index contributed by atoms with van der Waals surface area (Å²) in [7, 11) is -2.98. The number of fused-ring (bicyclic) bond motifs is 1. The Morgan fingerprint density at radius 1 is 1.35 bits per heavy atom. The summed E-state index contributed by atoms with van der Waals surface area (Å²) in [6, 6.07) is 8.01. The first-order valence-electron chi connectivity index (χ1n) is 7.12. The van der Waals surface area contributed by atoms with Crippen LogP contribution in [0.15, 0.2) is 24.3 Å². The number of para-hydroxylation sites is 1. The SMILES string of the molecule is CC(C)S(=O)(=O)CCCN1CC(O)Cc2ccccc21. The van der Waals surface area contributed by atoms with Crippen LogP contribution in [-0.2, 0) is 16.3 Å². The van der Waals surface area contributed by atoms with Gasteiger partial charge in [-0.1, -0.05) is 18.2 Å². The van der Waals surface area contributed by atoms with Crippen LogP contribution in [0.4, 0.5) is 5.69 Å². The molecule has 0 bridgehead atoms. The molecule has 20 heavy (non-hydrogen) atoms. The van der Waals surface area contributed by atoms with Crippen LogP contribution >= 0.6 is 0 Å². The Labute approximate surface area is 121 Å². The average Bonchev–Trinajstić information content (AvgIpc) is 2.38. The molecule has 0 amide bonds. The highest BCUT2D eigenvalue weighted by Gasteiger charge is 2.23. The summed E-state index contributed by atoms with van der Waals surface area (Å²) in [6.45, 7) is 4.68. The third-order valence-corrected chi connectivity index (χ3v) is 6.09. The van der Waals surface area contributed by atoms with E-state index in [4.69, 9.17) is 0 Å². The zero-order valence-electron chi connectivity index (χ0n) is 12.1. The molecule has 0 saturated carbocycles. The number of rotatable bonds is 5. The molecular formula is C15H23NO3S. The highest BCUT2D eigenvalue weighted by Crippen LogP contribution is 2.27. The molecule has 1 aromatic rings. The van der Waals surface area contributed by atoms with Crippen LogP contribution in [0, 0.1) is 0 Å². The number of benzene rings is 1. The van der Waals surface area contributed by atoms with E-state index in [9.17, 15) is 13.5 Å². The largest absolute Gasteiger partial charge is 0.391 e. The van der Waals surface area contributed by atoms with Crippen LogP contribution in [0.5, 0.6) is 0 Å². The summed E-state index contributed by atoms with van der Waals surface area (Å²) in [5.41, 5.74) is 2.26. The summed E-state index contributed by atoms with van der Waals surface area (Å²) in [6.07, 6.45) is 0.907. The predicted octanol–water partition coefficient (Wildman–Crippen LogP) is 1.62. The van der Waals surface area contributed by atoms with E-state index >= 15 is 0 Å². The van der Waals surface area contributed by atoms with E-state index in [1.165, 1.54) is 0 Å². The topological polar surface area (TPSA) is 57.6 Å². The van der Waals surface area contributed by atoms with Crippen LogP contribution < -0.4 is 4.90 Å². The zero-order chi connectivity index (χ0) is 14.8. The Balaban J connectivity index is 2.00. The molecule has 0 spiro atoms. The van der Waals surface area contributed by atoms with E-state index < -0.39 is 9.84 Å². The minimum Gasteiger partial charge on any atom is -0.391 e. The van der Waals surface area contributed by atoms with Gasteiger partial charge in [0.25, 0.3) is 0 Å². The first-order valence-corrected chi connectivity index (χ1v) is 8.84. The quantitative estimate of drug-likeness (QED) is 0.897. The van der Waals surface area contributed by atoms with Gasteiger partial charge in [0.2, 0.25) is 0 Å². The van der Waals surface area contributed by atoms with E-state index in [0.29, 0.717) is 25.9 Å². The van der Waals surface area contributed by atoms with Gasteiger partial charge in [-0.2, -0.15) is 0 Å². The van der Waals surface area contributed by atoms with Crippen molar-refractivity contribution >= 4 is 15.5 Å². The van der Waals surface area contributed by atoms with Gasteiger partial charge in [0, 0.05) is 25.2 Å². The molecular weight excluding hydrogens is 274 g/mol. The third-order valence-electron chi connectivity index (χ3n) is 3.79. The Morgan fingerprint density at radius 2 is 2.05 bits per heavy atom. The minimum atomic E-state index is -2.98. The summed E-state index contributed by atoms with van der Waals surface area (Å²) < 4.78 is 23.6. The zero-order valence-corrected chi connectivity index (χ0v) is 12.9. The molecule has 0 radical (unpaired) electrons. The lowest BCUT2D eigenvalue weighted by Crippen LogP contribution is -2.39. The molecule has 1 aromatic carbocycles. The fourth-order valence-corrected chi connectivity index (χ4v) is 3.57. The molecule has 1 unspecified atom stereocenters. The molecule has 0 saturated heterocycles. The van der Waals surface area contributed by atoms with Crippen LogP contribution in [0.2, 0.25) is 0 Å². The maximum atomic E-state index is 11.8. The minimum absolute atomic E-state index is 0.208. The van der Waals surface area contributed by atoms with Gasteiger partial charge in [-0.15, -0.1) is 0 Å². The van der Waals surface area contributed by atoms with Crippen molar-refractivity contribution in [1.29, 1.82) is 0 Å². The molecule has 1 N–H and O–H groups in total. The lowest BCUT2D eigenvalue weighted by atomic mass is 10.00. The first-order chi connectivity index (χ1) is 9.40. The summed E-state index contributed by atoms with van der Waals surface area (Å²) >= 11 is 0. The van der Waals surface area contributed by atoms with Gasteiger partial charge >= 0.3 is 0 Å². The molecule has 1 heterocycles.